The molecule has 78 valence electrons. The van der Waals surface area contributed by atoms with Crippen molar-refractivity contribution in [2.24, 2.45) is 0 Å². The van der Waals surface area contributed by atoms with Gasteiger partial charge in [0, 0.05) is 18.0 Å². The van der Waals surface area contributed by atoms with E-state index in [0.717, 1.165) is 11.3 Å². The SMILES string of the molecule is COC(=O)Cc1ncc(-c2cc[nH]c2)[nH]1. The molecular weight excluding hydrogens is 194 g/mol. The normalized spacial score (nSPS) is 10.2. The number of aromatic nitrogens is 3. The number of esters is 1. The highest BCUT2D eigenvalue weighted by Gasteiger charge is 2.07. The summed E-state index contributed by atoms with van der Waals surface area (Å²) < 4.78 is 4.55. The molecule has 15 heavy (non-hydrogen) atoms. The van der Waals surface area contributed by atoms with Crippen molar-refractivity contribution in [1.82, 2.24) is 15.0 Å². The van der Waals surface area contributed by atoms with Crippen molar-refractivity contribution in [2.75, 3.05) is 7.11 Å². The largest absolute Gasteiger partial charge is 0.469 e. The number of hydrogen-bond donors (Lipinski definition) is 2. The van der Waals surface area contributed by atoms with Gasteiger partial charge in [0.1, 0.15) is 12.2 Å². The number of H-pyrrole nitrogens is 2. The first kappa shape index (κ1) is 9.51. The highest BCUT2D eigenvalue weighted by molar-refractivity contribution is 5.71. The van der Waals surface area contributed by atoms with E-state index >= 15 is 0 Å². The summed E-state index contributed by atoms with van der Waals surface area (Å²) in [6.45, 7) is 0. The molecule has 0 spiro atoms. The Morgan fingerprint density at radius 2 is 2.47 bits per heavy atom. The fourth-order valence-electron chi connectivity index (χ4n) is 1.30. The molecule has 0 atom stereocenters. The topological polar surface area (TPSA) is 70.8 Å². The van der Waals surface area contributed by atoms with Gasteiger partial charge in [-0.1, -0.05) is 0 Å². The number of aromatic amines is 2. The third-order valence-electron chi connectivity index (χ3n) is 2.08. The molecule has 0 unspecified atom stereocenters. The zero-order valence-corrected chi connectivity index (χ0v) is 8.28. The Kier molecular flexibility index (Phi) is 2.53. The number of nitrogens with one attached hydrogen (secondary N) is 2. The molecule has 0 saturated carbocycles. The molecule has 2 aromatic rings. The predicted octanol–water partition coefficient (Wildman–Crippen LogP) is 1.12. The van der Waals surface area contributed by atoms with Crippen molar-refractivity contribution in [3.63, 3.8) is 0 Å². The average molecular weight is 205 g/mol. The number of methoxy groups -OCH3 is 1. The molecule has 0 amide bonds. The van der Waals surface area contributed by atoms with E-state index in [4.69, 9.17) is 0 Å². The van der Waals surface area contributed by atoms with Crippen LogP contribution in [0.15, 0.2) is 24.7 Å². The Morgan fingerprint density at radius 1 is 1.60 bits per heavy atom. The van der Waals surface area contributed by atoms with E-state index in [1.807, 2.05) is 18.5 Å². The smallest absolute Gasteiger partial charge is 0.313 e. The number of carbonyl (C=O) groups is 1. The van der Waals surface area contributed by atoms with Crippen LogP contribution in [0, 0.1) is 0 Å². The second-order valence-electron chi connectivity index (χ2n) is 3.10. The van der Waals surface area contributed by atoms with E-state index in [1.165, 1.54) is 7.11 Å². The van der Waals surface area contributed by atoms with Crippen molar-refractivity contribution in [2.45, 2.75) is 6.42 Å². The van der Waals surface area contributed by atoms with E-state index in [2.05, 4.69) is 19.7 Å². The molecule has 2 heterocycles. The summed E-state index contributed by atoms with van der Waals surface area (Å²) in [5.74, 6) is 0.308. The number of rotatable bonds is 3. The summed E-state index contributed by atoms with van der Waals surface area (Å²) in [6.07, 6.45) is 5.55. The summed E-state index contributed by atoms with van der Waals surface area (Å²) in [7, 11) is 1.36. The first-order valence-electron chi connectivity index (χ1n) is 4.53. The van der Waals surface area contributed by atoms with Gasteiger partial charge in [0.2, 0.25) is 0 Å². The number of carbonyl (C=O) groups excluding carboxylic acids is 1. The van der Waals surface area contributed by atoms with Crippen LogP contribution in [0.5, 0.6) is 0 Å². The van der Waals surface area contributed by atoms with E-state index in [0.29, 0.717) is 5.82 Å². The van der Waals surface area contributed by atoms with E-state index in [1.54, 1.807) is 6.20 Å². The van der Waals surface area contributed by atoms with Gasteiger partial charge in [-0.3, -0.25) is 4.79 Å². The molecule has 0 radical (unpaired) electrons. The average Bonchev–Trinajstić information content (AvgIpc) is 2.85. The van der Waals surface area contributed by atoms with E-state index < -0.39 is 0 Å². The van der Waals surface area contributed by atoms with Gasteiger partial charge in [0.05, 0.1) is 19.0 Å². The van der Waals surface area contributed by atoms with Gasteiger partial charge in [0.15, 0.2) is 0 Å². The van der Waals surface area contributed by atoms with Crippen LogP contribution in [0.1, 0.15) is 5.82 Å². The lowest BCUT2D eigenvalue weighted by Crippen LogP contribution is -2.05. The molecule has 5 nitrogen and oxygen atoms in total. The first-order chi connectivity index (χ1) is 7.29. The maximum Gasteiger partial charge on any atom is 0.313 e. The van der Waals surface area contributed by atoms with Crippen LogP contribution in [0.25, 0.3) is 11.3 Å². The van der Waals surface area contributed by atoms with Crippen molar-refractivity contribution in [3.05, 3.63) is 30.5 Å². The highest BCUT2D eigenvalue weighted by Crippen LogP contribution is 2.15. The zero-order chi connectivity index (χ0) is 10.7. The van der Waals surface area contributed by atoms with Gasteiger partial charge in [-0.15, -0.1) is 0 Å². The van der Waals surface area contributed by atoms with Crippen molar-refractivity contribution < 1.29 is 9.53 Å². The predicted molar refractivity (Wildman–Crippen MR) is 54.1 cm³/mol. The molecular formula is C10H11N3O2. The maximum absolute atomic E-state index is 11.0. The highest BCUT2D eigenvalue weighted by atomic mass is 16.5. The minimum absolute atomic E-state index is 0.168. The molecule has 2 aromatic heterocycles. The fourth-order valence-corrected chi connectivity index (χ4v) is 1.30. The van der Waals surface area contributed by atoms with E-state index in [9.17, 15) is 4.79 Å². The molecule has 5 heteroatoms. The Labute approximate surface area is 86.5 Å². The summed E-state index contributed by atoms with van der Waals surface area (Å²) in [5, 5.41) is 0. The summed E-state index contributed by atoms with van der Waals surface area (Å²) in [6, 6.07) is 1.93. The number of hydrogen-bond acceptors (Lipinski definition) is 3. The molecule has 0 aliphatic rings. The van der Waals surface area contributed by atoms with Gasteiger partial charge in [-0.05, 0) is 6.07 Å². The third-order valence-corrected chi connectivity index (χ3v) is 2.08. The Hall–Kier alpha value is -2.04. The standard InChI is InChI=1S/C10H11N3O2/c1-15-10(14)4-9-12-6-8(13-9)7-2-3-11-5-7/h2-3,5-6,11H,4H2,1H3,(H,12,13). The lowest BCUT2D eigenvalue weighted by molar-refractivity contribution is -0.139. The van der Waals surface area contributed by atoms with E-state index in [-0.39, 0.29) is 12.4 Å². The van der Waals surface area contributed by atoms with Gasteiger partial charge in [0.25, 0.3) is 0 Å². The van der Waals surface area contributed by atoms with Crippen LogP contribution < -0.4 is 0 Å². The van der Waals surface area contributed by atoms with Gasteiger partial charge < -0.3 is 14.7 Å². The summed E-state index contributed by atoms with van der Waals surface area (Å²) in [4.78, 5) is 21.1. The fraction of sp³-hybridized carbons (Fsp3) is 0.200. The third kappa shape index (κ3) is 2.07. The molecule has 2 rings (SSSR count). The Morgan fingerprint density at radius 3 is 3.13 bits per heavy atom. The molecule has 2 N–H and O–H groups in total. The molecule has 0 aliphatic carbocycles. The molecule has 0 saturated heterocycles. The monoisotopic (exact) mass is 205 g/mol. The second-order valence-corrected chi connectivity index (χ2v) is 3.10. The lowest BCUT2D eigenvalue weighted by Gasteiger charge is -1.94. The Bertz CT molecular complexity index is 445. The van der Waals surface area contributed by atoms with Gasteiger partial charge >= 0.3 is 5.97 Å². The number of nitrogens with zero attached hydrogens (tertiary/aromatic N) is 1. The molecule has 0 fully saturated rings. The van der Waals surface area contributed by atoms with Crippen LogP contribution in [0.4, 0.5) is 0 Å². The van der Waals surface area contributed by atoms with Crippen molar-refractivity contribution in [1.29, 1.82) is 0 Å². The van der Waals surface area contributed by atoms with Crippen molar-refractivity contribution in [3.8, 4) is 11.3 Å². The summed E-state index contributed by atoms with van der Waals surface area (Å²) >= 11 is 0. The molecule has 0 aliphatic heterocycles. The zero-order valence-electron chi connectivity index (χ0n) is 8.28. The molecule has 0 bridgehead atoms. The Balaban J connectivity index is 2.14. The second kappa shape index (κ2) is 4.00. The number of imidazole rings is 1. The molecule has 0 aromatic carbocycles. The van der Waals surface area contributed by atoms with Crippen LogP contribution >= 0.6 is 0 Å². The minimum atomic E-state index is -0.301. The first-order valence-corrected chi connectivity index (χ1v) is 4.53. The van der Waals surface area contributed by atoms with Crippen molar-refractivity contribution >= 4 is 5.97 Å². The lowest BCUT2D eigenvalue weighted by atomic mass is 10.3. The summed E-state index contributed by atoms with van der Waals surface area (Å²) in [5.41, 5.74) is 1.90. The van der Waals surface area contributed by atoms with Gasteiger partial charge in [-0.2, -0.15) is 0 Å². The quantitative estimate of drug-likeness (QED) is 0.737. The van der Waals surface area contributed by atoms with Crippen LogP contribution in [0.3, 0.4) is 0 Å². The minimum Gasteiger partial charge on any atom is -0.469 e. The van der Waals surface area contributed by atoms with Crippen LogP contribution in [-0.2, 0) is 16.0 Å². The van der Waals surface area contributed by atoms with Crippen LogP contribution in [0.2, 0.25) is 0 Å². The number of ether oxygens (including phenoxy) is 1. The van der Waals surface area contributed by atoms with Gasteiger partial charge in [-0.25, -0.2) is 4.98 Å². The van der Waals surface area contributed by atoms with Crippen LogP contribution in [-0.4, -0.2) is 28.0 Å². The maximum atomic E-state index is 11.0.